The first-order valence-electron chi connectivity index (χ1n) is 13.3. The highest BCUT2D eigenvalue weighted by molar-refractivity contribution is 5.72. The van der Waals surface area contributed by atoms with Crippen LogP contribution in [0.15, 0.2) is 91.0 Å². The lowest BCUT2D eigenvalue weighted by Crippen LogP contribution is -2.62. The summed E-state index contributed by atoms with van der Waals surface area (Å²) in [6.07, 6.45) is 6.11. The van der Waals surface area contributed by atoms with Crippen LogP contribution in [0.2, 0.25) is 0 Å². The normalized spacial score (nSPS) is 30.3. The van der Waals surface area contributed by atoms with Crippen molar-refractivity contribution in [3.63, 3.8) is 0 Å². The van der Waals surface area contributed by atoms with Crippen molar-refractivity contribution in [1.82, 2.24) is 4.90 Å². The van der Waals surface area contributed by atoms with Gasteiger partial charge in [-0.25, -0.2) is 0 Å². The van der Waals surface area contributed by atoms with Crippen LogP contribution in [0.1, 0.15) is 60.6 Å². The molecular weight excluding hydrogens is 430 g/mol. The predicted molar refractivity (Wildman–Crippen MR) is 139 cm³/mol. The van der Waals surface area contributed by atoms with Gasteiger partial charge in [0.15, 0.2) is 0 Å². The number of carbonyl (C=O) groups excluding carboxylic acids is 1. The monoisotopic (exact) mass is 465 g/mol. The number of esters is 1. The van der Waals surface area contributed by atoms with E-state index in [2.05, 4.69) is 65.6 Å². The first-order chi connectivity index (χ1) is 17.2. The molecule has 3 aromatic rings. The van der Waals surface area contributed by atoms with Gasteiger partial charge in [0.25, 0.3) is 0 Å². The Labute approximate surface area is 209 Å². The zero-order valence-corrected chi connectivity index (χ0v) is 20.4. The van der Waals surface area contributed by atoms with Crippen LogP contribution in [0.4, 0.5) is 0 Å². The van der Waals surface area contributed by atoms with E-state index in [4.69, 9.17) is 4.74 Å². The smallest absolute Gasteiger partial charge is 0.310 e. The molecule has 1 heterocycles. The standard InChI is InChI=1S/C32H35NO2/c34-30(20-24-12-4-1-5-13-24)35-29-23-32(33-18-10-11-19-33)21-27(25-14-6-2-7-15-25)31(29)28(22-32)26-16-8-3-9-17-26/h1-9,12-17,27-29,31H,10-11,18-23H2/t27-,28-,29+,31?,32?/m0/s1. The number of rotatable bonds is 6. The van der Waals surface area contributed by atoms with E-state index in [0.29, 0.717) is 24.2 Å². The van der Waals surface area contributed by atoms with Crippen molar-refractivity contribution in [2.75, 3.05) is 13.1 Å². The van der Waals surface area contributed by atoms with Crippen LogP contribution in [0.3, 0.4) is 0 Å². The van der Waals surface area contributed by atoms with Crippen molar-refractivity contribution in [2.45, 2.75) is 62.0 Å². The number of likely N-dealkylation sites (tertiary alicyclic amines) is 1. The van der Waals surface area contributed by atoms with E-state index in [1.54, 1.807) is 0 Å². The van der Waals surface area contributed by atoms with Gasteiger partial charge >= 0.3 is 5.97 Å². The Balaban J connectivity index is 1.38. The molecule has 2 bridgehead atoms. The van der Waals surface area contributed by atoms with Gasteiger partial charge in [-0.05, 0) is 67.3 Å². The van der Waals surface area contributed by atoms with Gasteiger partial charge < -0.3 is 4.74 Å². The van der Waals surface area contributed by atoms with Crippen molar-refractivity contribution < 1.29 is 9.53 Å². The molecule has 35 heavy (non-hydrogen) atoms. The summed E-state index contributed by atoms with van der Waals surface area (Å²) in [5.41, 5.74) is 3.90. The number of hydrogen-bond donors (Lipinski definition) is 0. The second-order valence-electron chi connectivity index (χ2n) is 10.8. The van der Waals surface area contributed by atoms with E-state index in [1.165, 1.54) is 37.1 Å². The summed E-state index contributed by atoms with van der Waals surface area (Å²) < 4.78 is 6.45. The maximum atomic E-state index is 13.2. The maximum Gasteiger partial charge on any atom is 0.310 e. The molecule has 3 saturated carbocycles. The van der Waals surface area contributed by atoms with Crippen LogP contribution >= 0.6 is 0 Å². The summed E-state index contributed by atoms with van der Waals surface area (Å²) >= 11 is 0. The molecule has 7 rings (SSSR count). The Morgan fingerprint density at radius 3 is 1.80 bits per heavy atom. The molecule has 0 unspecified atom stereocenters. The lowest BCUT2D eigenvalue weighted by molar-refractivity contribution is -0.167. The molecule has 0 amide bonds. The van der Waals surface area contributed by atoms with E-state index >= 15 is 0 Å². The first-order valence-corrected chi connectivity index (χ1v) is 13.3. The van der Waals surface area contributed by atoms with Gasteiger partial charge in [0.05, 0.1) is 6.42 Å². The third-order valence-corrected chi connectivity index (χ3v) is 8.85. The van der Waals surface area contributed by atoms with Gasteiger partial charge in [-0.3, -0.25) is 9.69 Å². The molecule has 0 radical (unpaired) electrons. The number of ether oxygens (including phenoxy) is 1. The predicted octanol–water partition coefficient (Wildman–Crippen LogP) is 6.36. The Morgan fingerprint density at radius 1 is 0.743 bits per heavy atom. The molecule has 180 valence electrons. The van der Waals surface area contributed by atoms with Gasteiger partial charge in [-0.1, -0.05) is 91.0 Å². The molecule has 3 aromatic carbocycles. The summed E-state index contributed by atoms with van der Waals surface area (Å²) in [4.78, 5) is 16.0. The molecule has 1 saturated heterocycles. The van der Waals surface area contributed by atoms with Crippen LogP contribution in [0.25, 0.3) is 0 Å². The van der Waals surface area contributed by atoms with Crippen molar-refractivity contribution in [2.24, 2.45) is 5.92 Å². The molecule has 1 aliphatic heterocycles. The van der Waals surface area contributed by atoms with Crippen molar-refractivity contribution in [3.05, 3.63) is 108 Å². The fraction of sp³-hybridized carbons (Fsp3) is 0.406. The van der Waals surface area contributed by atoms with Crippen LogP contribution < -0.4 is 0 Å². The zero-order valence-electron chi connectivity index (χ0n) is 20.4. The van der Waals surface area contributed by atoms with Crippen LogP contribution in [-0.2, 0) is 16.0 Å². The van der Waals surface area contributed by atoms with Crippen molar-refractivity contribution in [1.29, 1.82) is 0 Å². The molecule has 0 N–H and O–H groups in total. The number of carbonyl (C=O) groups is 1. The number of hydrogen-bond acceptors (Lipinski definition) is 3. The number of fused-ring (bicyclic) bond motifs is 3. The summed E-state index contributed by atoms with van der Waals surface area (Å²) in [6.45, 7) is 2.33. The fourth-order valence-electron chi connectivity index (χ4n) is 7.40. The maximum absolute atomic E-state index is 13.2. The second kappa shape index (κ2) is 9.62. The van der Waals surface area contributed by atoms with Crippen LogP contribution in [0.5, 0.6) is 0 Å². The van der Waals surface area contributed by atoms with Gasteiger partial charge in [0.1, 0.15) is 6.10 Å². The molecule has 0 aromatic heterocycles. The minimum Gasteiger partial charge on any atom is -0.462 e. The van der Waals surface area contributed by atoms with E-state index in [-0.39, 0.29) is 17.6 Å². The quantitative estimate of drug-likeness (QED) is 0.397. The number of benzene rings is 3. The molecule has 4 aliphatic rings. The highest BCUT2D eigenvalue weighted by Gasteiger charge is 2.59. The first kappa shape index (κ1) is 22.5. The average molecular weight is 466 g/mol. The van der Waals surface area contributed by atoms with E-state index in [0.717, 1.165) is 24.8 Å². The van der Waals surface area contributed by atoms with Crippen LogP contribution in [-0.4, -0.2) is 35.6 Å². The van der Waals surface area contributed by atoms with Gasteiger partial charge in [-0.15, -0.1) is 0 Å². The van der Waals surface area contributed by atoms with Gasteiger partial charge in [0, 0.05) is 17.9 Å². The van der Waals surface area contributed by atoms with Gasteiger partial charge in [0.2, 0.25) is 0 Å². The molecule has 3 atom stereocenters. The van der Waals surface area contributed by atoms with Crippen LogP contribution in [0, 0.1) is 5.92 Å². The zero-order chi connectivity index (χ0) is 23.7. The molecule has 3 heteroatoms. The molecule has 4 fully saturated rings. The second-order valence-corrected chi connectivity index (χ2v) is 10.8. The minimum absolute atomic E-state index is 0.0651. The SMILES string of the molecule is O=C(Cc1ccccc1)O[C@@H]1CC2(N3CCCC3)C[C@@H](c3ccccc3)C1[C@H](c1ccccc1)C2. The minimum atomic E-state index is -0.0936. The summed E-state index contributed by atoms with van der Waals surface area (Å²) in [7, 11) is 0. The van der Waals surface area contributed by atoms with E-state index in [1.807, 2.05) is 30.3 Å². The van der Waals surface area contributed by atoms with Gasteiger partial charge in [-0.2, -0.15) is 0 Å². The van der Waals surface area contributed by atoms with Crippen molar-refractivity contribution in [3.8, 4) is 0 Å². The lowest BCUT2D eigenvalue weighted by Gasteiger charge is -2.61. The Kier molecular flexibility index (Phi) is 6.20. The Bertz CT molecular complexity index is 1070. The Morgan fingerprint density at radius 2 is 1.26 bits per heavy atom. The Hall–Kier alpha value is -2.91. The highest BCUT2D eigenvalue weighted by atomic mass is 16.5. The highest BCUT2D eigenvalue weighted by Crippen LogP contribution is 2.61. The lowest BCUT2D eigenvalue weighted by atomic mass is 9.51. The summed E-state index contributed by atoms with van der Waals surface area (Å²) in [6, 6.07) is 32.0. The molecule has 0 spiro atoms. The summed E-state index contributed by atoms with van der Waals surface area (Å²) in [5, 5.41) is 0. The fourth-order valence-corrected chi connectivity index (χ4v) is 7.40. The molecular formula is C32H35NO2. The third kappa shape index (κ3) is 4.43. The number of nitrogens with zero attached hydrogens (tertiary/aromatic N) is 1. The largest absolute Gasteiger partial charge is 0.462 e. The van der Waals surface area contributed by atoms with Crippen molar-refractivity contribution >= 4 is 5.97 Å². The van der Waals surface area contributed by atoms with E-state index in [9.17, 15) is 4.79 Å². The average Bonchev–Trinajstić information content (AvgIpc) is 3.46. The summed E-state index contributed by atoms with van der Waals surface area (Å²) in [5.74, 6) is 0.978. The van der Waals surface area contributed by atoms with E-state index < -0.39 is 0 Å². The topological polar surface area (TPSA) is 29.5 Å². The third-order valence-electron chi connectivity index (χ3n) is 8.85. The molecule has 3 aliphatic carbocycles. The molecule has 3 nitrogen and oxygen atoms in total.